The summed E-state index contributed by atoms with van der Waals surface area (Å²) in [5.41, 5.74) is 6.15. The summed E-state index contributed by atoms with van der Waals surface area (Å²) in [6, 6.07) is 7.24. The van der Waals surface area contributed by atoms with Gasteiger partial charge in [-0.25, -0.2) is 0 Å². The van der Waals surface area contributed by atoms with Crippen LogP contribution in [0.2, 0.25) is 0 Å². The molecule has 0 aliphatic carbocycles. The molecule has 0 saturated heterocycles. The fraction of sp³-hybridized carbons (Fsp3) is 0.417. The van der Waals surface area contributed by atoms with Gasteiger partial charge in [-0.15, -0.1) is 0 Å². The maximum absolute atomic E-state index is 11.7. The van der Waals surface area contributed by atoms with Crippen LogP contribution >= 0.6 is 15.9 Å². The van der Waals surface area contributed by atoms with E-state index in [0.29, 0.717) is 18.0 Å². The van der Waals surface area contributed by atoms with Crippen molar-refractivity contribution >= 4 is 38.3 Å². The van der Waals surface area contributed by atoms with Crippen molar-refractivity contribution in [3.8, 4) is 0 Å². The van der Waals surface area contributed by atoms with Gasteiger partial charge in [0.15, 0.2) is 0 Å². The first-order valence-electron chi connectivity index (χ1n) is 5.61. The molecule has 6 heteroatoms. The number of hydrogen-bond donors (Lipinski definition) is 2. The van der Waals surface area contributed by atoms with E-state index in [1.165, 1.54) is 0 Å². The van der Waals surface area contributed by atoms with Gasteiger partial charge in [0.05, 0.1) is 0 Å². The van der Waals surface area contributed by atoms with E-state index in [2.05, 4.69) is 21.2 Å². The first kappa shape index (κ1) is 15.3. The number of halogens is 1. The topological polar surface area (TPSA) is 72.2 Å². The number of amides is 1. The molecule has 18 heavy (non-hydrogen) atoms. The highest BCUT2D eigenvalue weighted by atomic mass is 79.9. The van der Waals surface area contributed by atoms with Crippen molar-refractivity contribution in [2.75, 3.05) is 23.4 Å². The van der Waals surface area contributed by atoms with E-state index in [-0.39, 0.29) is 17.6 Å². The van der Waals surface area contributed by atoms with Gasteiger partial charge in [-0.05, 0) is 36.7 Å². The van der Waals surface area contributed by atoms with Crippen molar-refractivity contribution < 1.29 is 9.00 Å². The summed E-state index contributed by atoms with van der Waals surface area (Å²) in [7, 11) is -1.16. The molecule has 0 aromatic heterocycles. The molecule has 1 amide bonds. The standard InChI is InChI=1S/C12H17BrN2O2S/c1-9(6-14)7-18(17)8-12(16)15-11-4-2-10(13)3-5-11/h2-5,9H,6-8,14H2,1H3,(H,15,16). The van der Waals surface area contributed by atoms with Crippen molar-refractivity contribution in [2.24, 2.45) is 11.7 Å². The average Bonchev–Trinajstić information content (AvgIpc) is 2.31. The molecule has 0 bridgehead atoms. The third kappa shape index (κ3) is 5.75. The molecule has 0 aliphatic heterocycles. The Hall–Kier alpha value is -0.720. The summed E-state index contributed by atoms with van der Waals surface area (Å²) in [6.07, 6.45) is 0. The second-order valence-corrected chi connectivity index (χ2v) is 6.56. The van der Waals surface area contributed by atoms with Gasteiger partial charge in [-0.2, -0.15) is 0 Å². The first-order chi connectivity index (χ1) is 8.51. The van der Waals surface area contributed by atoms with Gasteiger partial charge >= 0.3 is 0 Å². The molecule has 0 aliphatic rings. The fourth-order valence-electron chi connectivity index (χ4n) is 1.32. The summed E-state index contributed by atoms with van der Waals surface area (Å²) >= 11 is 3.31. The molecule has 1 aromatic carbocycles. The zero-order chi connectivity index (χ0) is 13.5. The van der Waals surface area contributed by atoms with E-state index in [0.717, 1.165) is 4.47 Å². The number of anilines is 1. The highest BCUT2D eigenvalue weighted by molar-refractivity contribution is 9.10. The van der Waals surface area contributed by atoms with Crippen molar-refractivity contribution in [3.63, 3.8) is 0 Å². The van der Waals surface area contributed by atoms with Gasteiger partial charge in [0, 0.05) is 26.7 Å². The zero-order valence-electron chi connectivity index (χ0n) is 10.2. The smallest absolute Gasteiger partial charge is 0.236 e. The van der Waals surface area contributed by atoms with E-state index >= 15 is 0 Å². The highest BCUT2D eigenvalue weighted by Gasteiger charge is 2.11. The first-order valence-corrected chi connectivity index (χ1v) is 7.90. The number of carbonyl (C=O) groups excluding carboxylic acids is 1. The molecule has 0 heterocycles. The van der Waals surface area contributed by atoms with Crippen LogP contribution in [0.5, 0.6) is 0 Å². The predicted molar refractivity (Wildman–Crippen MR) is 78.9 cm³/mol. The number of carbonyl (C=O) groups is 1. The Morgan fingerprint density at radius 1 is 1.44 bits per heavy atom. The van der Waals surface area contributed by atoms with Gasteiger partial charge in [-0.1, -0.05) is 22.9 Å². The molecule has 1 rings (SSSR count). The quantitative estimate of drug-likeness (QED) is 0.833. The molecule has 1 aromatic rings. The molecule has 0 spiro atoms. The van der Waals surface area contributed by atoms with Crippen LogP contribution in [0.4, 0.5) is 5.69 Å². The Morgan fingerprint density at radius 3 is 2.61 bits per heavy atom. The summed E-state index contributed by atoms with van der Waals surface area (Å²) in [4.78, 5) is 11.6. The van der Waals surface area contributed by atoms with E-state index < -0.39 is 10.8 Å². The van der Waals surface area contributed by atoms with Crippen LogP contribution in [-0.4, -0.2) is 28.2 Å². The van der Waals surface area contributed by atoms with Crippen LogP contribution in [0, 0.1) is 5.92 Å². The van der Waals surface area contributed by atoms with E-state index in [9.17, 15) is 9.00 Å². The molecule has 100 valence electrons. The molecular formula is C12H17BrN2O2S. The van der Waals surface area contributed by atoms with E-state index in [1.54, 1.807) is 12.1 Å². The van der Waals surface area contributed by atoms with Gasteiger partial charge in [0.25, 0.3) is 0 Å². The lowest BCUT2D eigenvalue weighted by Crippen LogP contribution is -2.25. The van der Waals surface area contributed by atoms with Crippen LogP contribution in [0.15, 0.2) is 28.7 Å². The van der Waals surface area contributed by atoms with Crippen molar-refractivity contribution in [2.45, 2.75) is 6.92 Å². The normalized spacial score (nSPS) is 13.9. The Kier molecular flexibility index (Phi) is 6.52. The lowest BCUT2D eigenvalue weighted by Gasteiger charge is -2.08. The number of benzene rings is 1. The average molecular weight is 333 g/mol. The third-order valence-corrected chi connectivity index (χ3v) is 4.35. The highest BCUT2D eigenvalue weighted by Crippen LogP contribution is 2.14. The van der Waals surface area contributed by atoms with Crippen LogP contribution in [0.3, 0.4) is 0 Å². The zero-order valence-corrected chi connectivity index (χ0v) is 12.6. The van der Waals surface area contributed by atoms with Crippen molar-refractivity contribution in [1.82, 2.24) is 0 Å². The Morgan fingerprint density at radius 2 is 2.06 bits per heavy atom. The number of rotatable bonds is 6. The molecule has 2 atom stereocenters. The molecule has 4 nitrogen and oxygen atoms in total. The second-order valence-electron chi connectivity index (χ2n) is 4.15. The largest absolute Gasteiger partial charge is 0.330 e. The monoisotopic (exact) mass is 332 g/mol. The Labute approximate surface area is 118 Å². The fourth-order valence-corrected chi connectivity index (χ4v) is 2.84. The van der Waals surface area contributed by atoms with E-state index in [1.807, 2.05) is 19.1 Å². The van der Waals surface area contributed by atoms with E-state index in [4.69, 9.17) is 5.73 Å². The van der Waals surface area contributed by atoms with Crippen LogP contribution < -0.4 is 11.1 Å². The summed E-state index contributed by atoms with van der Waals surface area (Å²) in [5, 5.41) is 2.71. The second kappa shape index (κ2) is 7.66. The summed E-state index contributed by atoms with van der Waals surface area (Å²) in [6.45, 7) is 2.41. The molecule has 0 radical (unpaired) electrons. The minimum Gasteiger partial charge on any atom is -0.330 e. The summed E-state index contributed by atoms with van der Waals surface area (Å²) < 4.78 is 12.6. The number of nitrogens with one attached hydrogen (secondary N) is 1. The van der Waals surface area contributed by atoms with Crippen LogP contribution in [0.1, 0.15) is 6.92 Å². The molecule has 2 unspecified atom stereocenters. The predicted octanol–water partition coefficient (Wildman–Crippen LogP) is 1.73. The van der Waals surface area contributed by atoms with Gasteiger partial charge in [0.1, 0.15) is 5.75 Å². The molecule has 0 saturated carbocycles. The summed E-state index contributed by atoms with van der Waals surface area (Å²) in [5.74, 6) is 0.413. The lowest BCUT2D eigenvalue weighted by molar-refractivity contribution is -0.113. The maximum Gasteiger partial charge on any atom is 0.236 e. The molecule has 3 N–H and O–H groups in total. The number of nitrogens with two attached hydrogens (primary N) is 1. The Balaban J connectivity index is 2.42. The van der Waals surface area contributed by atoms with Gasteiger partial charge < -0.3 is 11.1 Å². The molecular weight excluding hydrogens is 316 g/mol. The van der Waals surface area contributed by atoms with Gasteiger partial charge in [-0.3, -0.25) is 9.00 Å². The molecule has 0 fully saturated rings. The van der Waals surface area contributed by atoms with Crippen molar-refractivity contribution in [1.29, 1.82) is 0 Å². The lowest BCUT2D eigenvalue weighted by atomic mass is 10.2. The van der Waals surface area contributed by atoms with Crippen LogP contribution in [-0.2, 0) is 15.6 Å². The Bertz CT molecular complexity index is 423. The third-order valence-electron chi connectivity index (χ3n) is 2.29. The van der Waals surface area contributed by atoms with Crippen LogP contribution in [0.25, 0.3) is 0 Å². The van der Waals surface area contributed by atoms with Crippen molar-refractivity contribution in [3.05, 3.63) is 28.7 Å². The minimum absolute atomic E-state index is 0.0143. The number of hydrogen-bond acceptors (Lipinski definition) is 3. The SMILES string of the molecule is CC(CN)CS(=O)CC(=O)Nc1ccc(Br)cc1. The maximum atomic E-state index is 11.7. The van der Waals surface area contributed by atoms with Gasteiger partial charge in [0.2, 0.25) is 5.91 Å². The minimum atomic E-state index is -1.16.